The van der Waals surface area contributed by atoms with E-state index in [1.54, 1.807) is 5.56 Å². The Morgan fingerprint density at radius 1 is 0.521 bits per heavy atom. The number of hydrogen-bond donors (Lipinski definition) is 0. The maximum absolute atomic E-state index is 11.7. The quantitative estimate of drug-likeness (QED) is 0.162. The summed E-state index contributed by atoms with van der Waals surface area (Å²) in [6.45, 7) is 13.8. The number of benzene rings is 4. The van der Waals surface area contributed by atoms with Crippen molar-refractivity contribution >= 4 is 62.2 Å². The fourth-order valence-electron chi connectivity index (χ4n) is 15.3. The zero-order chi connectivity index (χ0) is 48.5. The first-order chi connectivity index (χ1) is 33.9. The van der Waals surface area contributed by atoms with Gasteiger partial charge in [-0.1, -0.05) is 125 Å². The summed E-state index contributed by atoms with van der Waals surface area (Å²) < 4.78 is 0. The van der Waals surface area contributed by atoms with Crippen molar-refractivity contribution in [3.8, 4) is 22.5 Å². The third-order valence-corrected chi connectivity index (χ3v) is 18.6. The molecule has 0 radical (unpaired) electrons. The summed E-state index contributed by atoms with van der Waals surface area (Å²) in [6, 6.07) is 35.8. The molecule has 2 heterocycles. The van der Waals surface area contributed by atoms with E-state index in [9.17, 15) is 4.79 Å². The van der Waals surface area contributed by atoms with Crippen molar-refractivity contribution in [3.05, 3.63) is 130 Å². The van der Waals surface area contributed by atoms with Crippen molar-refractivity contribution in [1.82, 2.24) is 9.97 Å². The predicted octanol–water partition coefficient (Wildman–Crippen LogP) is 18.8. The number of fused-ring (bicyclic) bond motifs is 6. The first kappa shape index (κ1) is 52.3. The molecule has 9 atom stereocenters. The van der Waals surface area contributed by atoms with Crippen molar-refractivity contribution in [1.29, 1.82) is 0 Å². The average Bonchev–Trinajstić information content (AvgIpc) is 3.35. The molecule has 0 spiro atoms. The number of pyridine rings is 2. The summed E-state index contributed by atoms with van der Waals surface area (Å²) in [5.74, 6) is 8.61. The van der Waals surface area contributed by atoms with Gasteiger partial charge < -0.3 is 2.85 Å². The Hall–Kier alpha value is -3.57. The van der Waals surface area contributed by atoms with Gasteiger partial charge in [0, 0.05) is 38.8 Å². The fraction of sp³-hybridized carbons (Fsp3) is 0.530. The van der Waals surface area contributed by atoms with Crippen LogP contribution in [0, 0.1) is 61.2 Å². The molecule has 0 aliphatic heterocycles. The third-order valence-electron chi connectivity index (χ3n) is 18.3. The Labute approximate surface area is 451 Å². The minimum atomic E-state index is 0. The standard InChI is InChI=1S/C33H41N.C22H22ClN.C11H18O.Mg.2H/c1-21-14-24-18-23(3)33(28(17-21)19-24)30-10-7-11-32-29(30)12-13-31(34-32)27-16-22(2)15-26(20-27)25-8-5-4-6-9-25;1-15-12-17(16-6-3-2-4-7-16)14-18(13-15)21-11-10-19-20(23)8-5-9-22(19)24-21;1-7-3-9-5-8(2)11(12)10(4-7)6-9;;;/h7,10-13,15-16,20-21,23-25,28,33H,4-6,8-9,14,17-19H2,1-3H3;5,8-14,16H,2-4,6-7H2,1H3;7-10H,3-6H2,1-2H3;;;/q;;;+2;2*-1. The molecule has 9 unspecified atom stereocenters. The third kappa shape index (κ3) is 12.2. The molecule has 12 rings (SSSR count). The van der Waals surface area contributed by atoms with Crippen LogP contribution in [0.2, 0.25) is 5.02 Å². The van der Waals surface area contributed by atoms with Gasteiger partial charge in [-0.15, -0.1) is 0 Å². The van der Waals surface area contributed by atoms with Crippen molar-refractivity contribution in [2.45, 2.75) is 175 Å². The number of hydrogen-bond acceptors (Lipinski definition) is 3. The molecule has 6 aliphatic carbocycles. The monoisotopic (exact) mass is 979 g/mol. The van der Waals surface area contributed by atoms with E-state index < -0.39 is 0 Å². The van der Waals surface area contributed by atoms with Crippen LogP contribution in [0.4, 0.5) is 0 Å². The molecule has 6 aliphatic rings. The Bertz CT molecular complexity index is 2790. The van der Waals surface area contributed by atoms with Crippen LogP contribution in [-0.2, 0) is 4.79 Å². The number of halogens is 1. The molecular weight excluding hydrogens is 896 g/mol. The second kappa shape index (κ2) is 23.3. The van der Waals surface area contributed by atoms with E-state index in [1.807, 2.05) is 18.2 Å². The van der Waals surface area contributed by atoms with Crippen LogP contribution < -0.4 is 0 Å². The minimum Gasteiger partial charge on any atom is -1.00 e. The Morgan fingerprint density at radius 2 is 1.06 bits per heavy atom. The van der Waals surface area contributed by atoms with Gasteiger partial charge in [-0.25, -0.2) is 9.97 Å². The largest absolute Gasteiger partial charge is 2.00 e. The van der Waals surface area contributed by atoms with Crippen molar-refractivity contribution in [2.24, 2.45) is 47.3 Å². The fourth-order valence-corrected chi connectivity index (χ4v) is 15.6. The molecule has 6 aromatic rings. The van der Waals surface area contributed by atoms with E-state index in [-0.39, 0.29) is 25.9 Å². The normalized spacial score (nSPS) is 27.7. The molecule has 6 fully saturated rings. The first-order valence-electron chi connectivity index (χ1n) is 28.1. The number of nitrogens with zero attached hydrogens (tertiary/aromatic N) is 2. The zero-order valence-electron chi connectivity index (χ0n) is 46.2. The Morgan fingerprint density at radius 3 is 1.66 bits per heavy atom. The van der Waals surface area contributed by atoms with Gasteiger partial charge in [0.1, 0.15) is 5.78 Å². The van der Waals surface area contributed by atoms with Gasteiger partial charge in [0.05, 0.1) is 22.4 Å². The van der Waals surface area contributed by atoms with Crippen LogP contribution >= 0.6 is 11.6 Å². The number of rotatable bonds is 5. The predicted molar refractivity (Wildman–Crippen MR) is 304 cm³/mol. The molecule has 372 valence electrons. The number of ketones is 1. The van der Waals surface area contributed by atoms with Gasteiger partial charge in [0.25, 0.3) is 0 Å². The second-order valence-corrected chi connectivity index (χ2v) is 24.5. The molecule has 2 aromatic heterocycles. The van der Waals surface area contributed by atoms with Crippen molar-refractivity contribution in [2.75, 3.05) is 0 Å². The van der Waals surface area contributed by atoms with E-state index in [2.05, 4.69) is 120 Å². The first-order valence-corrected chi connectivity index (χ1v) is 28.5. The van der Waals surface area contributed by atoms with Gasteiger partial charge >= 0.3 is 23.1 Å². The maximum Gasteiger partial charge on any atom is 2.00 e. The molecule has 0 saturated heterocycles. The maximum atomic E-state index is 11.7. The molecule has 0 amide bonds. The van der Waals surface area contributed by atoms with Crippen LogP contribution in [0.15, 0.2) is 97.1 Å². The number of carbonyl (C=O) groups excluding carboxylic acids is 1. The molecular formula is C66H83ClMgN2O. The molecule has 0 N–H and O–H groups in total. The second-order valence-electron chi connectivity index (χ2n) is 24.1. The molecule has 71 heavy (non-hydrogen) atoms. The van der Waals surface area contributed by atoms with E-state index in [4.69, 9.17) is 21.6 Å². The number of carbonyl (C=O) groups is 1. The van der Waals surface area contributed by atoms with Gasteiger partial charge in [-0.2, -0.15) is 0 Å². The minimum absolute atomic E-state index is 0. The summed E-state index contributed by atoms with van der Waals surface area (Å²) in [5.41, 5.74) is 14.1. The van der Waals surface area contributed by atoms with Gasteiger partial charge in [-0.3, -0.25) is 4.79 Å². The van der Waals surface area contributed by atoms with E-state index in [0.717, 1.165) is 68.7 Å². The Kier molecular flexibility index (Phi) is 17.2. The van der Waals surface area contributed by atoms with Crippen molar-refractivity contribution in [3.63, 3.8) is 0 Å². The summed E-state index contributed by atoms with van der Waals surface area (Å²) in [7, 11) is 0. The van der Waals surface area contributed by atoms with Gasteiger partial charge in [0.15, 0.2) is 0 Å². The molecule has 5 heteroatoms. The van der Waals surface area contributed by atoms with Crippen molar-refractivity contribution < 1.29 is 7.65 Å². The van der Waals surface area contributed by atoms with Crippen LogP contribution in [0.25, 0.3) is 44.3 Å². The van der Waals surface area contributed by atoms with E-state index in [1.165, 1.54) is 160 Å². The number of aromatic nitrogens is 2. The average molecular weight is 980 g/mol. The molecule has 4 aromatic carbocycles. The van der Waals surface area contributed by atoms with Gasteiger partial charge in [0.2, 0.25) is 0 Å². The van der Waals surface area contributed by atoms with E-state index >= 15 is 0 Å². The summed E-state index contributed by atoms with van der Waals surface area (Å²) in [5, 5.41) is 3.17. The summed E-state index contributed by atoms with van der Waals surface area (Å²) in [6.07, 6.45) is 24.2. The number of aryl methyl sites for hydroxylation is 2. The Balaban J connectivity index is 0.000000174. The van der Waals surface area contributed by atoms with Gasteiger partial charge in [-0.05, 0) is 222 Å². The molecule has 4 bridgehead atoms. The van der Waals surface area contributed by atoms with E-state index in [0.29, 0.717) is 29.5 Å². The van der Waals surface area contributed by atoms with Crippen LogP contribution in [-0.4, -0.2) is 38.8 Å². The summed E-state index contributed by atoms with van der Waals surface area (Å²) >= 11 is 6.27. The molecule has 6 saturated carbocycles. The number of Topliss-reactive ketones (excluding diaryl/α,β-unsaturated/α-hetero) is 1. The van der Waals surface area contributed by atoms with Crippen LogP contribution in [0.1, 0.15) is 192 Å². The van der Waals surface area contributed by atoms with Crippen LogP contribution in [0.5, 0.6) is 0 Å². The summed E-state index contributed by atoms with van der Waals surface area (Å²) in [4.78, 5) is 21.8. The topological polar surface area (TPSA) is 42.9 Å². The zero-order valence-corrected chi connectivity index (χ0v) is 46.4. The molecule has 3 nitrogen and oxygen atoms in total. The SMILES string of the molecule is CC1CC2CC(C)C(=O)C(C1)C2.Cc1cc(-c2ccc3c(C4C(C)CC5CC(C)CC4C5)cccc3n2)cc(C2CCCCC2)c1.Cc1cc(-c2ccc3c(Cl)cccc3n2)cc(C2CCCCC2)c1.[H-].[H-].[Mg+2]. The smallest absolute Gasteiger partial charge is 1.00 e. The van der Waals surface area contributed by atoms with Crippen LogP contribution in [0.3, 0.4) is 0 Å².